The highest BCUT2D eigenvalue weighted by atomic mass is 32.2. The Morgan fingerprint density at radius 1 is 1.16 bits per heavy atom. The molecule has 6 nitrogen and oxygen atoms in total. The van der Waals surface area contributed by atoms with Crippen molar-refractivity contribution < 1.29 is 31.1 Å². The molecule has 170 valence electrons. The van der Waals surface area contributed by atoms with Crippen LogP contribution in [0.3, 0.4) is 0 Å². The quantitative estimate of drug-likeness (QED) is 0.617. The molecule has 1 atom stereocenters. The van der Waals surface area contributed by atoms with Crippen molar-refractivity contribution in [2.24, 2.45) is 0 Å². The molecule has 0 spiro atoms. The van der Waals surface area contributed by atoms with Crippen molar-refractivity contribution in [1.29, 1.82) is 0 Å². The number of alkyl halides is 3. The molecule has 2 aromatic rings. The van der Waals surface area contributed by atoms with Crippen LogP contribution in [0.2, 0.25) is 0 Å². The summed E-state index contributed by atoms with van der Waals surface area (Å²) in [6.45, 7) is 1.70. The average molecular weight is 459 g/mol. The highest BCUT2D eigenvalue weighted by Crippen LogP contribution is 2.30. The molecule has 0 aliphatic heterocycles. The van der Waals surface area contributed by atoms with Crippen LogP contribution in [0.5, 0.6) is 5.75 Å². The molecule has 1 amide bonds. The average Bonchev–Trinajstić information content (AvgIpc) is 2.73. The molecular weight excluding hydrogens is 433 g/mol. The van der Waals surface area contributed by atoms with Crippen LogP contribution < -0.4 is 10.1 Å². The Hall–Kier alpha value is -2.59. The van der Waals surface area contributed by atoms with E-state index in [9.17, 15) is 26.4 Å². The number of methoxy groups -OCH3 is 1. The molecule has 0 aromatic heterocycles. The van der Waals surface area contributed by atoms with Gasteiger partial charge in [0.05, 0.1) is 23.6 Å². The van der Waals surface area contributed by atoms with E-state index in [0.29, 0.717) is 11.3 Å². The van der Waals surface area contributed by atoms with Crippen LogP contribution in [-0.4, -0.2) is 39.3 Å². The van der Waals surface area contributed by atoms with Gasteiger partial charge in [-0.3, -0.25) is 4.79 Å². The van der Waals surface area contributed by atoms with Gasteiger partial charge in [-0.2, -0.15) is 13.2 Å². The van der Waals surface area contributed by atoms with E-state index in [1.54, 1.807) is 19.1 Å². The number of amides is 1. The van der Waals surface area contributed by atoms with E-state index in [1.165, 1.54) is 38.4 Å². The van der Waals surface area contributed by atoms with Crippen molar-refractivity contribution in [2.45, 2.75) is 36.9 Å². The lowest BCUT2D eigenvalue weighted by atomic mass is 10.0. The van der Waals surface area contributed by atoms with Gasteiger partial charge in [-0.05, 0) is 55.3 Å². The lowest BCUT2D eigenvalue weighted by Crippen LogP contribution is -2.30. The number of carbonyl (C=O) groups excluding carboxylic acids is 1. The van der Waals surface area contributed by atoms with E-state index in [0.717, 1.165) is 16.4 Å². The molecule has 1 N–H and O–H groups in total. The van der Waals surface area contributed by atoms with Crippen LogP contribution >= 0.6 is 0 Å². The normalized spacial score (nSPS) is 13.1. The number of benzene rings is 2. The zero-order valence-corrected chi connectivity index (χ0v) is 18.3. The van der Waals surface area contributed by atoms with Crippen molar-refractivity contribution in [3.63, 3.8) is 0 Å². The van der Waals surface area contributed by atoms with Crippen LogP contribution in [-0.2, 0) is 21.0 Å². The summed E-state index contributed by atoms with van der Waals surface area (Å²) in [5.74, 6) is 0.160. The Bertz CT molecular complexity index is 992. The van der Waals surface area contributed by atoms with Gasteiger partial charge in [-0.25, -0.2) is 12.7 Å². The fraction of sp³-hybridized carbons (Fsp3) is 0.381. The van der Waals surface area contributed by atoms with Crippen LogP contribution in [0.15, 0.2) is 53.4 Å². The second-order valence-electron chi connectivity index (χ2n) is 7.02. The number of nitrogens with one attached hydrogen (secondary N) is 1. The second kappa shape index (κ2) is 10.1. The van der Waals surface area contributed by atoms with Crippen LogP contribution in [0.1, 0.15) is 36.9 Å². The van der Waals surface area contributed by atoms with Crippen molar-refractivity contribution >= 4 is 15.9 Å². The van der Waals surface area contributed by atoms with Crippen molar-refractivity contribution in [3.05, 3.63) is 59.7 Å². The zero-order valence-electron chi connectivity index (χ0n) is 17.4. The van der Waals surface area contributed by atoms with Gasteiger partial charge in [0.15, 0.2) is 0 Å². The third-order valence-electron chi connectivity index (χ3n) is 4.74. The summed E-state index contributed by atoms with van der Waals surface area (Å²) in [6, 6.07) is 10.1. The van der Waals surface area contributed by atoms with E-state index in [2.05, 4.69) is 5.32 Å². The van der Waals surface area contributed by atoms with Gasteiger partial charge in [0.25, 0.3) is 0 Å². The maximum absolute atomic E-state index is 12.8. The topological polar surface area (TPSA) is 75.7 Å². The van der Waals surface area contributed by atoms with Gasteiger partial charge in [0, 0.05) is 20.0 Å². The zero-order chi connectivity index (χ0) is 23.2. The molecular formula is C21H25F3N2O4S. The molecule has 0 saturated carbocycles. The number of hydrogen-bond acceptors (Lipinski definition) is 4. The Kier molecular flexibility index (Phi) is 8.08. The first kappa shape index (κ1) is 24.7. The van der Waals surface area contributed by atoms with E-state index < -0.39 is 27.8 Å². The largest absolute Gasteiger partial charge is 0.497 e. The van der Waals surface area contributed by atoms with Crippen molar-refractivity contribution in [2.75, 3.05) is 20.7 Å². The molecule has 2 aromatic carbocycles. The van der Waals surface area contributed by atoms with Gasteiger partial charge in [0.1, 0.15) is 5.75 Å². The molecule has 0 aliphatic rings. The molecule has 0 fully saturated rings. The molecule has 1 unspecified atom stereocenters. The first-order valence-corrected chi connectivity index (χ1v) is 11.0. The van der Waals surface area contributed by atoms with Crippen LogP contribution in [0.4, 0.5) is 13.2 Å². The van der Waals surface area contributed by atoms with E-state index >= 15 is 0 Å². The number of carbonyl (C=O) groups is 1. The van der Waals surface area contributed by atoms with Crippen molar-refractivity contribution in [3.8, 4) is 5.75 Å². The predicted octanol–water partition coefficient (Wildman–Crippen LogP) is 3.99. The third-order valence-corrected chi connectivity index (χ3v) is 6.61. The maximum atomic E-state index is 12.8. The van der Waals surface area contributed by atoms with E-state index in [-0.39, 0.29) is 30.2 Å². The predicted molar refractivity (Wildman–Crippen MR) is 110 cm³/mol. The first-order valence-electron chi connectivity index (χ1n) is 9.52. The minimum absolute atomic E-state index is 0.0335. The first-order chi connectivity index (χ1) is 14.4. The summed E-state index contributed by atoms with van der Waals surface area (Å²) in [6.07, 6.45) is -4.17. The maximum Gasteiger partial charge on any atom is 0.416 e. The number of nitrogens with zero attached hydrogens (tertiary/aromatic N) is 1. The molecule has 31 heavy (non-hydrogen) atoms. The molecule has 0 bridgehead atoms. The monoisotopic (exact) mass is 458 g/mol. The molecule has 0 aliphatic carbocycles. The smallest absolute Gasteiger partial charge is 0.416 e. The van der Waals surface area contributed by atoms with Crippen LogP contribution in [0.25, 0.3) is 0 Å². The van der Waals surface area contributed by atoms with Gasteiger partial charge < -0.3 is 10.1 Å². The SMILES string of the molecule is COc1ccc(S(=O)(=O)N(C)CCCC(=O)NC(C)c2cccc(C(F)(F)F)c2)cc1. The summed E-state index contributed by atoms with van der Waals surface area (Å²) in [5.41, 5.74) is -0.446. The number of hydrogen-bond donors (Lipinski definition) is 1. The van der Waals surface area contributed by atoms with Gasteiger partial charge in [-0.15, -0.1) is 0 Å². The Morgan fingerprint density at radius 2 is 1.81 bits per heavy atom. The summed E-state index contributed by atoms with van der Waals surface area (Å²) < 4.78 is 69.9. The molecule has 10 heteroatoms. The Morgan fingerprint density at radius 3 is 2.39 bits per heavy atom. The van der Waals surface area contributed by atoms with Gasteiger partial charge in [0.2, 0.25) is 15.9 Å². The summed E-state index contributed by atoms with van der Waals surface area (Å²) >= 11 is 0. The van der Waals surface area contributed by atoms with E-state index in [4.69, 9.17) is 4.74 Å². The number of sulfonamides is 1. The third kappa shape index (κ3) is 6.70. The summed E-state index contributed by atoms with van der Waals surface area (Å²) in [4.78, 5) is 12.3. The standard InChI is InChI=1S/C21H25F3N2O4S/c1-15(16-6-4-7-17(14-16)21(22,23)24)25-20(27)8-5-13-26(2)31(28,29)19-11-9-18(30-3)10-12-19/h4,6-7,9-12,14-15H,5,8,13H2,1-3H3,(H,25,27). The minimum atomic E-state index is -4.46. The highest BCUT2D eigenvalue weighted by Gasteiger charge is 2.30. The molecule has 0 saturated heterocycles. The van der Waals surface area contributed by atoms with Gasteiger partial charge in [-0.1, -0.05) is 12.1 Å². The highest BCUT2D eigenvalue weighted by molar-refractivity contribution is 7.89. The fourth-order valence-corrected chi connectivity index (χ4v) is 4.10. The van der Waals surface area contributed by atoms with Crippen LogP contribution in [0, 0.1) is 0 Å². The Balaban J connectivity index is 1.88. The van der Waals surface area contributed by atoms with Gasteiger partial charge >= 0.3 is 6.18 Å². The number of halogens is 3. The van der Waals surface area contributed by atoms with E-state index in [1.807, 2.05) is 0 Å². The number of rotatable bonds is 9. The lowest BCUT2D eigenvalue weighted by Gasteiger charge is -2.18. The lowest BCUT2D eigenvalue weighted by molar-refractivity contribution is -0.137. The Labute approximate surface area is 180 Å². The summed E-state index contributed by atoms with van der Waals surface area (Å²) in [5, 5.41) is 2.64. The molecule has 0 heterocycles. The molecule has 0 radical (unpaired) electrons. The minimum Gasteiger partial charge on any atom is -0.497 e. The number of ether oxygens (including phenoxy) is 1. The molecule has 2 rings (SSSR count). The fourth-order valence-electron chi connectivity index (χ4n) is 2.89. The van der Waals surface area contributed by atoms with Crippen molar-refractivity contribution in [1.82, 2.24) is 9.62 Å². The summed E-state index contributed by atoms with van der Waals surface area (Å²) in [7, 11) is -0.807. The second-order valence-corrected chi connectivity index (χ2v) is 9.06.